The van der Waals surface area contributed by atoms with Gasteiger partial charge in [-0.2, -0.15) is 0 Å². The second kappa shape index (κ2) is 2.88. The molecule has 0 N–H and O–H groups in total. The molecule has 0 bridgehead atoms. The van der Waals surface area contributed by atoms with Gasteiger partial charge in [0.25, 0.3) is 11.3 Å². The lowest BCUT2D eigenvalue weighted by Gasteiger charge is -2.03. The lowest BCUT2D eigenvalue weighted by molar-refractivity contribution is -0.608. The molecule has 0 saturated heterocycles. The predicted octanol–water partition coefficient (Wildman–Crippen LogP) is 2.04. The molecule has 0 amide bonds. The van der Waals surface area contributed by atoms with Gasteiger partial charge in [0.1, 0.15) is 0 Å². The highest BCUT2D eigenvalue weighted by molar-refractivity contribution is 6.35. The molecule has 1 radical (unpaired) electrons. The zero-order chi connectivity index (χ0) is 8.59. The van der Waals surface area contributed by atoms with Crippen molar-refractivity contribution in [2.45, 2.75) is 13.8 Å². The van der Waals surface area contributed by atoms with Crippen molar-refractivity contribution in [2.24, 2.45) is 0 Å². The second-order valence-corrected chi connectivity index (χ2v) is 3.00. The van der Waals surface area contributed by atoms with Crippen LogP contribution >= 0.6 is 23.2 Å². The molecule has 1 rings (SSSR count). The minimum absolute atomic E-state index is 0.0839. The molecule has 0 aliphatic heterocycles. The van der Waals surface area contributed by atoms with Crippen molar-refractivity contribution in [3.05, 3.63) is 32.7 Å². The first-order chi connectivity index (χ1) is 5.04. The highest BCUT2D eigenvalue weighted by Gasteiger charge is 2.13. The van der Waals surface area contributed by atoms with Gasteiger partial charge in [-0.15, -0.1) is 4.73 Å². The summed E-state index contributed by atoms with van der Waals surface area (Å²) >= 11 is 11.4. The summed E-state index contributed by atoms with van der Waals surface area (Å²) in [5.74, 6) is 0. The molecule has 1 aromatic rings. The molecule has 59 valence electrons. The van der Waals surface area contributed by atoms with Crippen LogP contribution in [0.25, 0.3) is 0 Å². The van der Waals surface area contributed by atoms with Crippen LogP contribution in [0.15, 0.2) is 0 Å². The van der Waals surface area contributed by atoms with E-state index < -0.39 is 0 Å². The Morgan fingerprint density at radius 1 is 1.36 bits per heavy atom. The van der Waals surface area contributed by atoms with E-state index in [1.807, 2.05) is 0 Å². The van der Waals surface area contributed by atoms with Crippen molar-refractivity contribution in [2.75, 3.05) is 0 Å². The number of halogens is 2. The Hall–Kier alpha value is -0.470. The van der Waals surface area contributed by atoms with Crippen LogP contribution in [0.2, 0.25) is 10.2 Å². The van der Waals surface area contributed by atoms with Crippen LogP contribution in [-0.2, 0) is 0 Å². The minimum atomic E-state index is 0.0839. The van der Waals surface area contributed by atoms with Crippen molar-refractivity contribution in [3.8, 4) is 0 Å². The van der Waals surface area contributed by atoms with Crippen LogP contribution in [0, 0.1) is 25.3 Å². The summed E-state index contributed by atoms with van der Waals surface area (Å²) in [6.45, 7) is 3.40. The first kappa shape index (κ1) is 8.62. The molecule has 0 unspecified atom stereocenters. The smallest absolute Gasteiger partial charge is 0.295 e. The quantitative estimate of drug-likeness (QED) is 0.350. The lowest BCUT2D eigenvalue weighted by Crippen LogP contribution is -2.29. The fourth-order valence-corrected chi connectivity index (χ4v) is 1.09. The van der Waals surface area contributed by atoms with Gasteiger partial charge in [-0.05, 0) is 25.4 Å². The van der Waals surface area contributed by atoms with Gasteiger partial charge < -0.3 is 5.21 Å². The Morgan fingerprint density at radius 3 is 2.45 bits per heavy atom. The lowest BCUT2D eigenvalue weighted by atomic mass is 10.2. The summed E-state index contributed by atoms with van der Waals surface area (Å²) in [5.41, 5.74) is 1.21. The fraction of sp³-hybridized carbons (Fsp3) is 0.286. The molecule has 0 aliphatic rings. The summed E-state index contributed by atoms with van der Waals surface area (Å²) in [4.78, 5) is 0. The van der Waals surface area contributed by atoms with Crippen LogP contribution in [0.1, 0.15) is 11.1 Å². The maximum absolute atomic E-state index is 10.9. The van der Waals surface area contributed by atoms with E-state index in [-0.39, 0.29) is 5.15 Å². The molecule has 0 atom stereocenters. The average molecular weight is 191 g/mol. The standard InChI is InChI=1S/C7H6Cl2NO/c1-4-3-10(11)7(9)5(2)6(4)8/h1-2H3. The largest absolute Gasteiger partial charge is 0.617 e. The number of nitrogens with zero attached hydrogens (tertiary/aromatic N) is 1. The Balaban J connectivity index is 3.46. The van der Waals surface area contributed by atoms with Crippen LogP contribution in [0.3, 0.4) is 0 Å². The number of pyridine rings is 1. The maximum Gasteiger partial charge on any atom is 0.295 e. The summed E-state index contributed by atoms with van der Waals surface area (Å²) < 4.78 is 0.484. The van der Waals surface area contributed by atoms with E-state index in [1.165, 1.54) is 0 Å². The molecule has 0 spiro atoms. The number of aromatic nitrogens is 1. The van der Waals surface area contributed by atoms with Gasteiger partial charge in [-0.3, -0.25) is 0 Å². The molecule has 4 heteroatoms. The van der Waals surface area contributed by atoms with Crippen LogP contribution in [-0.4, -0.2) is 0 Å². The second-order valence-electron chi connectivity index (χ2n) is 2.26. The summed E-state index contributed by atoms with van der Waals surface area (Å²) in [6, 6.07) is 0. The van der Waals surface area contributed by atoms with Crippen molar-refractivity contribution in [1.82, 2.24) is 0 Å². The van der Waals surface area contributed by atoms with Crippen molar-refractivity contribution in [3.63, 3.8) is 0 Å². The van der Waals surface area contributed by atoms with E-state index in [2.05, 4.69) is 6.20 Å². The molecule has 0 saturated carbocycles. The van der Waals surface area contributed by atoms with Gasteiger partial charge in [0.05, 0.1) is 10.6 Å². The Bertz CT molecular complexity index is 273. The normalized spacial score (nSPS) is 10.2. The van der Waals surface area contributed by atoms with E-state index >= 15 is 0 Å². The van der Waals surface area contributed by atoms with E-state index in [0.717, 1.165) is 0 Å². The van der Waals surface area contributed by atoms with E-state index in [0.29, 0.717) is 20.9 Å². The van der Waals surface area contributed by atoms with E-state index in [4.69, 9.17) is 23.2 Å². The number of hydrogen-bond acceptors (Lipinski definition) is 1. The third-order valence-corrected chi connectivity index (χ3v) is 2.42. The van der Waals surface area contributed by atoms with Crippen molar-refractivity contribution >= 4 is 23.2 Å². The van der Waals surface area contributed by atoms with Crippen LogP contribution < -0.4 is 4.73 Å². The summed E-state index contributed by atoms with van der Waals surface area (Å²) in [6.07, 6.45) is 2.44. The monoisotopic (exact) mass is 190 g/mol. The zero-order valence-corrected chi connectivity index (χ0v) is 7.62. The molecule has 1 aromatic heterocycles. The van der Waals surface area contributed by atoms with E-state index in [1.54, 1.807) is 13.8 Å². The molecule has 0 aromatic carbocycles. The predicted molar refractivity (Wildman–Crippen MR) is 43.7 cm³/mol. The highest BCUT2D eigenvalue weighted by atomic mass is 35.5. The zero-order valence-electron chi connectivity index (χ0n) is 6.11. The molecule has 0 aliphatic carbocycles. The van der Waals surface area contributed by atoms with Gasteiger partial charge >= 0.3 is 0 Å². The molecule has 1 heterocycles. The first-order valence-electron chi connectivity index (χ1n) is 3.01. The van der Waals surface area contributed by atoms with E-state index in [9.17, 15) is 5.21 Å². The molecular weight excluding hydrogens is 185 g/mol. The third kappa shape index (κ3) is 1.42. The summed E-state index contributed by atoms with van der Waals surface area (Å²) in [5, 5.41) is 11.5. The summed E-state index contributed by atoms with van der Waals surface area (Å²) in [7, 11) is 0. The first-order valence-corrected chi connectivity index (χ1v) is 3.76. The SMILES string of the molecule is Cc1[c][n+]([O-])c(Cl)c(C)c1Cl. The topological polar surface area (TPSA) is 26.9 Å². The molecule has 11 heavy (non-hydrogen) atoms. The number of rotatable bonds is 0. The van der Waals surface area contributed by atoms with Gasteiger partial charge in [-0.25, -0.2) is 0 Å². The third-order valence-electron chi connectivity index (χ3n) is 1.42. The Morgan fingerprint density at radius 2 is 1.91 bits per heavy atom. The van der Waals surface area contributed by atoms with Gasteiger partial charge in [0.15, 0.2) is 0 Å². The maximum atomic E-state index is 10.9. The molecular formula is C7H6Cl2NO. The van der Waals surface area contributed by atoms with Gasteiger partial charge in [0, 0.05) is 5.56 Å². The Kier molecular flexibility index (Phi) is 2.25. The van der Waals surface area contributed by atoms with Gasteiger partial charge in [0.2, 0.25) is 0 Å². The number of hydrogen-bond donors (Lipinski definition) is 0. The average Bonchev–Trinajstić information content (AvgIpc) is 1.97. The number of aryl methyl sites for hydroxylation is 1. The highest BCUT2D eigenvalue weighted by Crippen LogP contribution is 2.22. The van der Waals surface area contributed by atoms with Gasteiger partial charge in [-0.1, -0.05) is 11.6 Å². The van der Waals surface area contributed by atoms with Crippen LogP contribution in [0.4, 0.5) is 0 Å². The molecule has 2 nitrogen and oxygen atoms in total. The van der Waals surface area contributed by atoms with Crippen molar-refractivity contribution < 1.29 is 4.73 Å². The van der Waals surface area contributed by atoms with Crippen LogP contribution in [0.5, 0.6) is 0 Å². The van der Waals surface area contributed by atoms with Crippen molar-refractivity contribution in [1.29, 1.82) is 0 Å². The Labute approximate surface area is 74.9 Å². The fourth-order valence-electron chi connectivity index (χ4n) is 0.775. The molecule has 0 fully saturated rings. The minimum Gasteiger partial charge on any atom is -0.617 e.